The normalized spacial score (nSPS) is 9.77. The fourth-order valence-corrected chi connectivity index (χ4v) is 0.807. The summed E-state index contributed by atoms with van der Waals surface area (Å²) in [5.74, 6) is 0.0225. The molecule has 3 nitrogen and oxygen atoms in total. The van der Waals surface area contributed by atoms with Crippen molar-refractivity contribution in [3.05, 3.63) is 23.4 Å². The second-order valence-electron chi connectivity index (χ2n) is 2.24. The smallest absolute Gasteiger partial charge is 0.280 e. The zero-order valence-corrected chi connectivity index (χ0v) is 6.79. The van der Waals surface area contributed by atoms with E-state index in [4.69, 9.17) is 5.26 Å². The van der Waals surface area contributed by atoms with Crippen LogP contribution < -0.4 is 4.74 Å². The molecule has 0 amide bonds. The first kappa shape index (κ1) is 9.39. The number of nitrogens with zero attached hydrogens (tertiary/aromatic N) is 2. The number of hydrogen-bond donors (Lipinski definition) is 0. The van der Waals surface area contributed by atoms with Gasteiger partial charge in [0.05, 0.1) is 18.7 Å². The third-order valence-electron chi connectivity index (χ3n) is 1.38. The van der Waals surface area contributed by atoms with E-state index in [0.717, 1.165) is 6.07 Å². The molecule has 0 radical (unpaired) electrons. The number of rotatable bonds is 2. The van der Waals surface area contributed by atoms with Crippen molar-refractivity contribution in [3.63, 3.8) is 0 Å². The van der Waals surface area contributed by atoms with Crippen LogP contribution in [-0.4, -0.2) is 12.1 Å². The van der Waals surface area contributed by atoms with E-state index in [1.54, 1.807) is 6.07 Å². The van der Waals surface area contributed by atoms with Crippen LogP contribution in [0.4, 0.5) is 8.78 Å². The summed E-state index contributed by atoms with van der Waals surface area (Å²) in [4.78, 5) is 3.48. The van der Waals surface area contributed by atoms with E-state index in [0.29, 0.717) is 0 Å². The van der Waals surface area contributed by atoms with Gasteiger partial charge in [0.25, 0.3) is 6.43 Å². The van der Waals surface area contributed by atoms with E-state index in [1.807, 2.05) is 0 Å². The van der Waals surface area contributed by atoms with E-state index in [2.05, 4.69) is 9.72 Å². The fraction of sp³-hybridized carbons (Fsp3) is 0.250. The lowest BCUT2D eigenvalue weighted by Gasteiger charge is -2.02. The van der Waals surface area contributed by atoms with Crippen LogP contribution in [0.5, 0.6) is 5.88 Å². The van der Waals surface area contributed by atoms with Gasteiger partial charge in [-0.25, -0.2) is 13.8 Å². The average molecular weight is 184 g/mol. The maximum absolute atomic E-state index is 12.2. The first-order chi connectivity index (χ1) is 6.17. The van der Waals surface area contributed by atoms with Crippen LogP contribution in [0.25, 0.3) is 0 Å². The Kier molecular flexibility index (Phi) is 2.75. The maximum atomic E-state index is 12.2. The highest BCUT2D eigenvalue weighted by Crippen LogP contribution is 2.20. The van der Waals surface area contributed by atoms with E-state index in [1.165, 1.54) is 13.2 Å². The monoisotopic (exact) mass is 184 g/mol. The number of methoxy groups -OCH3 is 1. The molecule has 1 rings (SSSR count). The Hall–Kier alpha value is -1.70. The van der Waals surface area contributed by atoms with Gasteiger partial charge in [0, 0.05) is 6.07 Å². The second kappa shape index (κ2) is 3.81. The van der Waals surface area contributed by atoms with Gasteiger partial charge in [0.1, 0.15) is 5.69 Å². The maximum Gasteiger partial charge on any atom is 0.280 e. The van der Waals surface area contributed by atoms with Crippen LogP contribution in [0.2, 0.25) is 0 Å². The lowest BCUT2D eigenvalue weighted by molar-refractivity contribution is 0.145. The summed E-state index contributed by atoms with van der Waals surface area (Å²) < 4.78 is 29.0. The third-order valence-corrected chi connectivity index (χ3v) is 1.38. The van der Waals surface area contributed by atoms with Crippen molar-refractivity contribution < 1.29 is 13.5 Å². The number of halogens is 2. The zero-order valence-electron chi connectivity index (χ0n) is 6.79. The number of pyridine rings is 1. The Morgan fingerprint density at radius 2 is 2.23 bits per heavy atom. The Balaban J connectivity index is 3.17. The first-order valence-corrected chi connectivity index (χ1v) is 3.41. The Labute approximate surface area is 73.6 Å². The van der Waals surface area contributed by atoms with Crippen molar-refractivity contribution >= 4 is 0 Å². The molecule has 0 atom stereocenters. The molecular weight excluding hydrogens is 178 g/mol. The number of alkyl halides is 2. The number of nitriles is 1. The highest BCUT2D eigenvalue weighted by atomic mass is 19.3. The molecule has 0 aliphatic heterocycles. The number of hydrogen-bond acceptors (Lipinski definition) is 3. The molecule has 0 unspecified atom stereocenters. The molecule has 1 aromatic heterocycles. The van der Waals surface area contributed by atoms with Crippen LogP contribution >= 0.6 is 0 Å². The number of aromatic nitrogens is 1. The Morgan fingerprint density at radius 1 is 1.54 bits per heavy atom. The van der Waals surface area contributed by atoms with Crippen molar-refractivity contribution in [2.75, 3.05) is 7.11 Å². The molecular formula is C8H6F2N2O. The van der Waals surface area contributed by atoms with E-state index < -0.39 is 12.1 Å². The lowest BCUT2D eigenvalue weighted by Crippen LogP contribution is -1.95. The van der Waals surface area contributed by atoms with Gasteiger partial charge in [-0.15, -0.1) is 0 Å². The molecule has 1 aromatic rings. The SMILES string of the molecule is COc1cc(C#N)cc(C(F)F)n1. The molecule has 0 aromatic carbocycles. The minimum Gasteiger partial charge on any atom is -0.481 e. The van der Waals surface area contributed by atoms with Crippen molar-refractivity contribution in [3.8, 4) is 11.9 Å². The summed E-state index contributed by atoms with van der Waals surface area (Å²) in [7, 11) is 1.30. The summed E-state index contributed by atoms with van der Waals surface area (Å²) in [6.45, 7) is 0. The van der Waals surface area contributed by atoms with Gasteiger partial charge in [-0.2, -0.15) is 5.26 Å². The lowest BCUT2D eigenvalue weighted by atomic mass is 10.2. The molecule has 0 spiro atoms. The summed E-state index contributed by atoms with van der Waals surface area (Å²) in [6, 6.07) is 4.08. The van der Waals surface area contributed by atoms with E-state index in [9.17, 15) is 8.78 Å². The zero-order chi connectivity index (χ0) is 9.84. The molecule has 1 heterocycles. The van der Waals surface area contributed by atoms with Crippen molar-refractivity contribution in [2.45, 2.75) is 6.43 Å². The Morgan fingerprint density at radius 3 is 2.69 bits per heavy atom. The Bertz CT molecular complexity index is 346. The molecule has 0 N–H and O–H groups in total. The van der Waals surface area contributed by atoms with Gasteiger partial charge in [-0.3, -0.25) is 0 Å². The number of ether oxygens (including phenoxy) is 1. The van der Waals surface area contributed by atoms with Crippen LogP contribution in [0.15, 0.2) is 12.1 Å². The summed E-state index contributed by atoms with van der Waals surface area (Å²) >= 11 is 0. The molecule has 0 aliphatic carbocycles. The molecule has 0 saturated heterocycles. The molecule has 0 saturated carbocycles. The molecule has 68 valence electrons. The van der Waals surface area contributed by atoms with Crippen molar-refractivity contribution in [1.82, 2.24) is 4.98 Å². The quantitative estimate of drug-likeness (QED) is 0.705. The van der Waals surface area contributed by atoms with E-state index >= 15 is 0 Å². The molecule has 5 heteroatoms. The minimum absolute atomic E-state index is 0.0225. The van der Waals surface area contributed by atoms with Crippen LogP contribution in [0.1, 0.15) is 17.7 Å². The third kappa shape index (κ3) is 2.12. The molecule has 0 fully saturated rings. The highest BCUT2D eigenvalue weighted by molar-refractivity contribution is 5.34. The molecule has 0 aliphatic rings. The van der Waals surface area contributed by atoms with Crippen molar-refractivity contribution in [2.24, 2.45) is 0 Å². The first-order valence-electron chi connectivity index (χ1n) is 3.41. The van der Waals surface area contributed by atoms with Gasteiger partial charge >= 0.3 is 0 Å². The van der Waals surface area contributed by atoms with Gasteiger partial charge in [0.15, 0.2) is 0 Å². The highest BCUT2D eigenvalue weighted by Gasteiger charge is 2.11. The second-order valence-corrected chi connectivity index (χ2v) is 2.24. The molecule has 0 bridgehead atoms. The van der Waals surface area contributed by atoms with Crippen LogP contribution in [-0.2, 0) is 0 Å². The minimum atomic E-state index is -2.69. The predicted octanol–water partition coefficient (Wildman–Crippen LogP) is 1.90. The largest absolute Gasteiger partial charge is 0.481 e. The predicted molar refractivity (Wildman–Crippen MR) is 40.5 cm³/mol. The molecule has 13 heavy (non-hydrogen) atoms. The fourth-order valence-electron chi connectivity index (χ4n) is 0.807. The van der Waals surface area contributed by atoms with E-state index in [-0.39, 0.29) is 11.4 Å². The summed E-state index contributed by atoms with van der Waals surface area (Å²) in [5, 5.41) is 8.49. The van der Waals surface area contributed by atoms with Gasteiger partial charge < -0.3 is 4.74 Å². The van der Waals surface area contributed by atoms with Crippen molar-refractivity contribution in [1.29, 1.82) is 5.26 Å². The van der Waals surface area contributed by atoms with Crippen LogP contribution in [0.3, 0.4) is 0 Å². The van der Waals surface area contributed by atoms with Gasteiger partial charge in [-0.05, 0) is 6.07 Å². The topological polar surface area (TPSA) is 45.9 Å². The standard InChI is InChI=1S/C8H6F2N2O/c1-13-7-3-5(4-11)2-6(12-7)8(9)10/h2-3,8H,1H3. The van der Waals surface area contributed by atoms with Gasteiger partial charge in [0.2, 0.25) is 5.88 Å². The van der Waals surface area contributed by atoms with Gasteiger partial charge in [-0.1, -0.05) is 0 Å². The summed E-state index contributed by atoms with van der Waals surface area (Å²) in [5.41, 5.74) is -0.335. The summed E-state index contributed by atoms with van der Waals surface area (Å²) in [6.07, 6.45) is -2.69. The average Bonchev–Trinajstić information content (AvgIpc) is 2.16. The van der Waals surface area contributed by atoms with Crippen LogP contribution in [0, 0.1) is 11.3 Å².